The van der Waals surface area contributed by atoms with Crippen molar-refractivity contribution in [3.63, 3.8) is 0 Å². The van der Waals surface area contributed by atoms with Gasteiger partial charge < -0.3 is 9.47 Å². The van der Waals surface area contributed by atoms with Crippen LogP contribution in [0.2, 0.25) is 0 Å². The molecule has 0 saturated heterocycles. The quantitative estimate of drug-likeness (QED) is 0.199. The van der Waals surface area contributed by atoms with Gasteiger partial charge in [0.1, 0.15) is 18.2 Å². The van der Waals surface area contributed by atoms with Crippen LogP contribution >= 0.6 is 47.8 Å². The van der Waals surface area contributed by atoms with E-state index in [0.29, 0.717) is 54.9 Å². The van der Waals surface area contributed by atoms with Gasteiger partial charge in [0.05, 0.1) is 28.2 Å². The van der Waals surface area contributed by atoms with Gasteiger partial charge in [-0.25, -0.2) is 9.37 Å². The van der Waals surface area contributed by atoms with Gasteiger partial charge in [0, 0.05) is 14.5 Å². The molecule has 0 aliphatic rings. The number of nitrogens with zero attached hydrogens (tertiary/aromatic N) is 3. The number of halogens is 4. The van der Waals surface area contributed by atoms with Crippen LogP contribution in [0.3, 0.4) is 0 Å². The van der Waals surface area contributed by atoms with Crippen LogP contribution < -0.4 is 15.0 Å². The van der Waals surface area contributed by atoms with E-state index in [9.17, 15) is 9.18 Å². The minimum Gasteiger partial charge on any atom is -0.490 e. The number of rotatable bonds is 7. The van der Waals surface area contributed by atoms with E-state index in [1.807, 2.05) is 13.0 Å². The summed E-state index contributed by atoms with van der Waals surface area (Å²) in [6.07, 6.45) is 1.55. The molecule has 0 aliphatic heterocycles. The lowest BCUT2D eigenvalue weighted by molar-refractivity contribution is 0.267. The Morgan fingerprint density at radius 1 is 1.09 bits per heavy atom. The average Bonchev–Trinajstić information content (AvgIpc) is 2.82. The molecule has 0 atom stereocenters. The summed E-state index contributed by atoms with van der Waals surface area (Å²) in [5.41, 5.74) is 1.66. The van der Waals surface area contributed by atoms with Gasteiger partial charge in [-0.2, -0.15) is 9.78 Å². The van der Waals surface area contributed by atoms with Gasteiger partial charge in [0.2, 0.25) is 0 Å². The first-order chi connectivity index (χ1) is 16.8. The molecule has 0 unspecified atom stereocenters. The maximum atomic E-state index is 13.5. The number of aromatic nitrogens is 2. The molecular weight excluding hydrogens is 649 g/mol. The van der Waals surface area contributed by atoms with E-state index in [4.69, 9.17) is 9.47 Å². The van der Waals surface area contributed by atoms with Gasteiger partial charge in [-0.3, -0.25) is 4.79 Å². The lowest BCUT2D eigenvalue weighted by Crippen LogP contribution is -2.20. The van der Waals surface area contributed by atoms with Gasteiger partial charge in [0.15, 0.2) is 11.5 Å². The van der Waals surface area contributed by atoms with Crippen LogP contribution in [0, 0.1) is 12.7 Å². The van der Waals surface area contributed by atoms with E-state index in [-0.39, 0.29) is 18.0 Å². The molecule has 0 amide bonds. The molecule has 6 nitrogen and oxygen atoms in total. The number of hydrogen-bond donors (Lipinski definition) is 0. The summed E-state index contributed by atoms with van der Waals surface area (Å²) in [4.78, 5) is 17.5. The second-order valence-corrected chi connectivity index (χ2v) is 9.96. The summed E-state index contributed by atoms with van der Waals surface area (Å²) in [6, 6.07) is 13.3. The Morgan fingerprint density at radius 2 is 1.89 bits per heavy atom. The third kappa shape index (κ3) is 5.65. The summed E-state index contributed by atoms with van der Waals surface area (Å²) in [5.74, 6) is 1.07. The van der Waals surface area contributed by atoms with Gasteiger partial charge in [-0.15, -0.1) is 0 Å². The zero-order chi connectivity index (χ0) is 25.1. The van der Waals surface area contributed by atoms with Crippen molar-refractivity contribution < 1.29 is 13.9 Å². The first-order valence-electron chi connectivity index (χ1n) is 10.5. The lowest BCUT2D eigenvalue weighted by Gasteiger charge is -2.16. The van der Waals surface area contributed by atoms with Crippen molar-refractivity contribution >= 4 is 64.9 Å². The number of fused-ring (bicyclic) bond motifs is 1. The molecule has 0 bridgehead atoms. The second-order valence-electron chi connectivity index (χ2n) is 7.45. The minimum absolute atomic E-state index is 0.156. The number of aryl methyl sites for hydroxylation is 1. The van der Waals surface area contributed by atoms with E-state index in [1.54, 1.807) is 43.5 Å². The molecule has 0 radical (unpaired) electrons. The Labute approximate surface area is 226 Å². The van der Waals surface area contributed by atoms with Crippen LogP contribution in [0.15, 0.2) is 71.8 Å². The maximum absolute atomic E-state index is 13.5. The zero-order valence-electron chi connectivity index (χ0n) is 18.7. The lowest BCUT2D eigenvalue weighted by atomic mass is 10.2. The molecule has 0 spiro atoms. The highest BCUT2D eigenvalue weighted by molar-refractivity contribution is 9.13. The van der Waals surface area contributed by atoms with Crippen LogP contribution in [0.4, 0.5) is 4.39 Å². The molecule has 0 aliphatic carbocycles. The Balaban J connectivity index is 1.71. The monoisotopic (exact) mass is 665 g/mol. The van der Waals surface area contributed by atoms with Crippen LogP contribution in [0.5, 0.6) is 11.5 Å². The predicted molar refractivity (Wildman–Crippen MR) is 145 cm³/mol. The van der Waals surface area contributed by atoms with Gasteiger partial charge >= 0.3 is 0 Å². The van der Waals surface area contributed by atoms with Crippen LogP contribution in [0.1, 0.15) is 23.9 Å². The minimum atomic E-state index is -0.330. The Hall–Kier alpha value is -2.56. The zero-order valence-corrected chi connectivity index (χ0v) is 23.4. The summed E-state index contributed by atoms with van der Waals surface area (Å²) in [5, 5.41) is 4.86. The molecule has 10 heteroatoms. The second kappa shape index (κ2) is 11.0. The van der Waals surface area contributed by atoms with Gasteiger partial charge in [-0.05, 0) is 87.7 Å². The standard InChI is InChI=1S/C25H19Br3FN3O3/c1-3-34-21-10-16(22(27)23(28)24(21)35-13-15-5-4-6-18(29)9-15)12-30-32-14(2)31-20-8-7-17(26)11-19(20)25(32)33/h4-12H,3,13H2,1-2H3. The van der Waals surface area contributed by atoms with Crippen molar-refractivity contribution in [3.05, 3.63) is 95.1 Å². The SMILES string of the molecule is CCOc1cc(C=Nn2c(C)nc3ccc(Br)cc3c2=O)c(Br)c(Br)c1OCc1cccc(F)c1. The Morgan fingerprint density at radius 3 is 2.63 bits per heavy atom. The van der Waals surface area contributed by atoms with E-state index >= 15 is 0 Å². The van der Waals surface area contributed by atoms with Crippen molar-refractivity contribution in [2.24, 2.45) is 5.10 Å². The third-order valence-electron chi connectivity index (χ3n) is 5.01. The fourth-order valence-corrected chi connectivity index (χ4v) is 4.69. The molecule has 35 heavy (non-hydrogen) atoms. The highest BCUT2D eigenvalue weighted by Gasteiger charge is 2.18. The highest BCUT2D eigenvalue weighted by atomic mass is 79.9. The van der Waals surface area contributed by atoms with E-state index < -0.39 is 0 Å². The van der Waals surface area contributed by atoms with Crippen molar-refractivity contribution in [1.82, 2.24) is 9.66 Å². The summed E-state index contributed by atoms with van der Waals surface area (Å²) in [7, 11) is 0. The topological polar surface area (TPSA) is 65.7 Å². The molecule has 1 heterocycles. The summed E-state index contributed by atoms with van der Waals surface area (Å²) < 4.78 is 28.6. The molecule has 180 valence electrons. The number of ether oxygens (including phenoxy) is 2. The average molecular weight is 668 g/mol. The maximum Gasteiger partial charge on any atom is 0.282 e. The first kappa shape index (κ1) is 25.5. The molecule has 0 N–H and O–H groups in total. The van der Waals surface area contributed by atoms with Crippen molar-refractivity contribution in [2.75, 3.05) is 6.61 Å². The summed E-state index contributed by atoms with van der Waals surface area (Å²) >= 11 is 10.5. The van der Waals surface area contributed by atoms with Gasteiger partial charge in [-0.1, -0.05) is 28.1 Å². The fraction of sp³-hybridized carbons (Fsp3) is 0.160. The van der Waals surface area contributed by atoms with E-state index in [2.05, 4.69) is 57.9 Å². The van der Waals surface area contributed by atoms with Gasteiger partial charge in [0.25, 0.3) is 5.56 Å². The number of benzene rings is 3. The largest absolute Gasteiger partial charge is 0.490 e. The number of hydrogen-bond acceptors (Lipinski definition) is 5. The van der Waals surface area contributed by atoms with Crippen molar-refractivity contribution in [1.29, 1.82) is 0 Å². The van der Waals surface area contributed by atoms with Crippen LogP contribution in [0.25, 0.3) is 10.9 Å². The molecule has 1 aromatic heterocycles. The Bertz CT molecular complexity index is 1510. The smallest absolute Gasteiger partial charge is 0.282 e. The first-order valence-corrected chi connectivity index (χ1v) is 12.9. The van der Waals surface area contributed by atoms with Crippen LogP contribution in [-0.4, -0.2) is 22.5 Å². The molecule has 3 aromatic carbocycles. The molecular formula is C25H19Br3FN3O3. The highest BCUT2D eigenvalue weighted by Crippen LogP contribution is 2.43. The van der Waals surface area contributed by atoms with Crippen molar-refractivity contribution in [2.45, 2.75) is 20.5 Å². The third-order valence-corrected chi connectivity index (χ3v) is 7.65. The normalized spacial score (nSPS) is 11.4. The molecule has 0 fully saturated rings. The van der Waals surface area contributed by atoms with Crippen molar-refractivity contribution in [3.8, 4) is 11.5 Å². The van der Waals surface area contributed by atoms with E-state index in [1.165, 1.54) is 16.8 Å². The summed E-state index contributed by atoms with van der Waals surface area (Å²) in [6.45, 7) is 4.15. The molecule has 4 aromatic rings. The fourth-order valence-electron chi connectivity index (χ4n) is 3.39. The Kier molecular flexibility index (Phi) is 8.03. The molecule has 4 rings (SSSR count). The molecule has 0 saturated carbocycles. The van der Waals surface area contributed by atoms with Crippen LogP contribution in [-0.2, 0) is 6.61 Å². The predicted octanol–water partition coefficient (Wildman–Crippen LogP) is 6.99. The van der Waals surface area contributed by atoms with E-state index in [0.717, 1.165) is 4.47 Å².